The molecule has 7 heteroatoms. The summed E-state index contributed by atoms with van der Waals surface area (Å²) in [6, 6.07) is 18.1. The van der Waals surface area contributed by atoms with Gasteiger partial charge in [0.2, 0.25) is 0 Å². The number of hydrogen-bond acceptors (Lipinski definition) is 5. The van der Waals surface area contributed by atoms with Crippen molar-refractivity contribution in [1.82, 2.24) is 14.9 Å². The van der Waals surface area contributed by atoms with Crippen molar-refractivity contribution in [2.45, 2.75) is 0 Å². The molecule has 5 aromatic rings. The molecule has 0 aliphatic carbocycles. The van der Waals surface area contributed by atoms with Crippen LogP contribution in [0.1, 0.15) is 10.4 Å². The highest BCUT2D eigenvalue weighted by Crippen LogP contribution is 2.25. The first-order valence-corrected chi connectivity index (χ1v) is 8.62. The van der Waals surface area contributed by atoms with Crippen LogP contribution in [-0.4, -0.2) is 20.8 Å². The summed E-state index contributed by atoms with van der Waals surface area (Å²) < 4.78 is 10.8. The standard InChI is InChI=1S/C21H14N4O3/c26-21(24-25-10-9-17(23-25)19-7-3-11-27-19)15-13-18(20-8-4-12-28-20)22-16-6-2-1-5-14(15)16/h1-13H,(H,24,26). The van der Waals surface area contributed by atoms with Crippen LogP contribution in [0.15, 0.2) is 88.2 Å². The highest BCUT2D eigenvalue weighted by molar-refractivity contribution is 6.10. The number of rotatable bonds is 4. The van der Waals surface area contributed by atoms with E-state index < -0.39 is 0 Å². The Labute approximate surface area is 159 Å². The van der Waals surface area contributed by atoms with E-state index in [0.717, 1.165) is 5.39 Å². The van der Waals surface area contributed by atoms with Gasteiger partial charge in [0.1, 0.15) is 11.4 Å². The summed E-state index contributed by atoms with van der Waals surface area (Å²) in [6.45, 7) is 0. The number of furan rings is 2. The summed E-state index contributed by atoms with van der Waals surface area (Å²) in [5.74, 6) is 0.918. The van der Waals surface area contributed by atoms with E-state index in [9.17, 15) is 4.79 Å². The Hall–Kier alpha value is -4.13. The van der Waals surface area contributed by atoms with Crippen LogP contribution in [0.5, 0.6) is 0 Å². The maximum atomic E-state index is 13.0. The number of aromatic nitrogens is 3. The molecule has 0 fully saturated rings. The molecule has 0 unspecified atom stereocenters. The molecule has 0 radical (unpaired) electrons. The predicted octanol–water partition coefficient (Wildman–Crippen LogP) is 4.34. The van der Waals surface area contributed by atoms with Gasteiger partial charge >= 0.3 is 0 Å². The summed E-state index contributed by atoms with van der Waals surface area (Å²) in [4.78, 5) is 19.0. The van der Waals surface area contributed by atoms with Gasteiger partial charge in [-0.1, -0.05) is 18.2 Å². The molecule has 4 aromatic heterocycles. The van der Waals surface area contributed by atoms with E-state index in [1.54, 1.807) is 49.1 Å². The number of amides is 1. The van der Waals surface area contributed by atoms with E-state index in [4.69, 9.17) is 8.83 Å². The third-order valence-corrected chi connectivity index (χ3v) is 4.31. The van der Waals surface area contributed by atoms with Crippen LogP contribution >= 0.6 is 0 Å². The molecule has 5 rings (SSSR count). The van der Waals surface area contributed by atoms with Crippen molar-refractivity contribution in [2.75, 3.05) is 5.43 Å². The first-order chi connectivity index (χ1) is 13.8. The van der Waals surface area contributed by atoms with Gasteiger partial charge < -0.3 is 8.83 Å². The summed E-state index contributed by atoms with van der Waals surface area (Å²) in [5, 5.41) is 5.07. The summed E-state index contributed by atoms with van der Waals surface area (Å²) in [6.07, 6.45) is 4.81. The number of pyridine rings is 1. The number of nitrogens with zero attached hydrogens (tertiary/aromatic N) is 3. The minimum atomic E-state index is -0.305. The molecule has 136 valence electrons. The Kier molecular flexibility index (Phi) is 3.76. The molecule has 0 saturated carbocycles. The van der Waals surface area contributed by atoms with Crippen molar-refractivity contribution < 1.29 is 13.6 Å². The van der Waals surface area contributed by atoms with E-state index >= 15 is 0 Å². The van der Waals surface area contributed by atoms with Crippen molar-refractivity contribution >= 4 is 16.8 Å². The second kappa shape index (κ2) is 6.55. The van der Waals surface area contributed by atoms with Crippen LogP contribution in [0, 0.1) is 0 Å². The fourth-order valence-electron chi connectivity index (χ4n) is 3.02. The highest BCUT2D eigenvalue weighted by atomic mass is 16.3. The largest absolute Gasteiger partial charge is 0.463 e. The van der Waals surface area contributed by atoms with Crippen LogP contribution in [0.4, 0.5) is 0 Å². The third-order valence-electron chi connectivity index (χ3n) is 4.31. The van der Waals surface area contributed by atoms with Crippen LogP contribution in [0.3, 0.4) is 0 Å². The zero-order valence-electron chi connectivity index (χ0n) is 14.6. The Morgan fingerprint density at radius 2 is 1.64 bits per heavy atom. The average Bonchev–Trinajstić information content (AvgIpc) is 3.49. The Morgan fingerprint density at radius 1 is 0.893 bits per heavy atom. The van der Waals surface area contributed by atoms with Gasteiger partial charge in [0.15, 0.2) is 11.5 Å². The van der Waals surface area contributed by atoms with Gasteiger partial charge in [0.25, 0.3) is 5.91 Å². The minimum absolute atomic E-state index is 0.305. The average molecular weight is 370 g/mol. The number of carbonyl (C=O) groups excluding carboxylic acids is 1. The van der Waals surface area contributed by atoms with Crippen molar-refractivity contribution in [2.24, 2.45) is 0 Å². The van der Waals surface area contributed by atoms with Crippen LogP contribution in [0.25, 0.3) is 33.8 Å². The van der Waals surface area contributed by atoms with E-state index in [-0.39, 0.29) is 5.91 Å². The van der Waals surface area contributed by atoms with E-state index in [1.165, 1.54) is 4.79 Å². The molecule has 0 spiro atoms. The number of hydrogen-bond donors (Lipinski definition) is 1. The molecular formula is C21H14N4O3. The van der Waals surface area contributed by atoms with Crippen LogP contribution in [0.2, 0.25) is 0 Å². The fraction of sp³-hybridized carbons (Fsp3) is 0. The molecule has 0 atom stereocenters. The maximum absolute atomic E-state index is 13.0. The zero-order valence-corrected chi connectivity index (χ0v) is 14.6. The SMILES string of the molecule is O=C(Nn1ccc(-c2ccco2)n1)c1cc(-c2ccco2)nc2ccccc12. The topological polar surface area (TPSA) is 86.1 Å². The second-order valence-corrected chi connectivity index (χ2v) is 6.11. The zero-order chi connectivity index (χ0) is 18.9. The predicted molar refractivity (Wildman–Crippen MR) is 103 cm³/mol. The molecule has 0 bridgehead atoms. The summed E-state index contributed by atoms with van der Waals surface area (Å²) in [5.41, 5.74) is 5.17. The molecular weight excluding hydrogens is 356 g/mol. The number of para-hydroxylation sites is 1. The first-order valence-electron chi connectivity index (χ1n) is 8.62. The lowest BCUT2D eigenvalue weighted by Crippen LogP contribution is -2.23. The summed E-state index contributed by atoms with van der Waals surface area (Å²) >= 11 is 0. The molecule has 1 aromatic carbocycles. The molecule has 0 saturated heterocycles. The number of nitrogens with one attached hydrogen (secondary N) is 1. The van der Waals surface area contributed by atoms with Crippen LogP contribution < -0.4 is 5.43 Å². The lowest BCUT2D eigenvalue weighted by Gasteiger charge is -2.09. The van der Waals surface area contributed by atoms with Crippen LogP contribution in [-0.2, 0) is 0 Å². The molecule has 1 N–H and O–H groups in total. The van der Waals surface area contributed by atoms with E-state index in [0.29, 0.717) is 34.0 Å². The molecule has 7 nitrogen and oxygen atoms in total. The number of benzene rings is 1. The van der Waals surface area contributed by atoms with Crippen molar-refractivity contribution in [1.29, 1.82) is 0 Å². The van der Waals surface area contributed by atoms with Gasteiger partial charge in [0.05, 0.1) is 23.6 Å². The molecule has 1 amide bonds. The lowest BCUT2D eigenvalue weighted by atomic mass is 10.1. The molecule has 28 heavy (non-hydrogen) atoms. The highest BCUT2D eigenvalue weighted by Gasteiger charge is 2.16. The summed E-state index contributed by atoms with van der Waals surface area (Å²) in [7, 11) is 0. The van der Waals surface area contributed by atoms with E-state index in [2.05, 4.69) is 15.5 Å². The first kappa shape index (κ1) is 16.1. The molecule has 4 heterocycles. The smallest absolute Gasteiger partial charge is 0.272 e. The molecule has 0 aliphatic rings. The Balaban J connectivity index is 1.52. The number of fused-ring (bicyclic) bond motifs is 1. The third kappa shape index (κ3) is 2.84. The fourth-order valence-corrected chi connectivity index (χ4v) is 3.02. The van der Waals surface area contributed by atoms with Gasteiger partial charge in [-0.15, -0.1) is 5.10 Å². The number of carbonyl (C=O) groups is 1. The maximum Gasteiger partial charge on any atom is 0.272 e. The van der Waals surface area contributed by atoms with Gasteiger partial charge in [0, 0.05) is 11.6 Å². The van der Waals surface area contributed by atoms with Gasteiger partial charge in [-0.3, -0.25) is 4.79 Å². The van der Waals surface area contributed by atoms with E-state index in [1.807, 2.05) is 30.3 Å². The van der Waals surface area contributed by atoms with Crippen molar-refractivity contribution in [3.8, 4) is 22.9 Å². The van der Waals surface area contributed by atoms with Gasteiger partial charge in [-0.25, -0.2) is 10.4 Å². The normalized spacial score (nSPS) is 11.0. The van der Waals surface area contributed by atoms with Crippen molar-refractivity contribution in [3.05, 3.63) is 85.0 Å². The molecule has 0 aliphatic heterocycles. The van der Waals surface area contributed by atoms with Crippen molar-refractivity contribution in [3.63, 3.8) is 0 Å². The Bertz CT molecular complexity index is 1250. The minimum Gasteiger partial charge on any atom is -0.463 e. The lowest BCUT2D eigenvalue weighted by molar-refractivity contribution is 0.101. The Morgan fingerprint density at radius 3 is 2.39 bits per heavy atom. The monoisotopic (exact) mass is 370 g/mol. The van der Waals surface area contributed by atoms with Gasteiger partial charge in [-0.05, 0) is 42.5 Å². The quantitative estimate of drug-likeness (QED) is 0.509. The van der Waals surface area contributed by atoms with Gasteiger partial charge in [-0.2, -0.15) is 4.79 Å². The second-order valence-electron chi connectivity index (χ2n) is 6.11.